The number of rotatable bonds is 1. The van der Waals surface area contributed by atoms with Crippen molar-refractivity contribution in [2.24, 2.45) is 15.4 Å². The monoisotopic (exact) mass is 240 g/mol. The predicted molar refractivity (Wildman–Crippen MR) is 72.1 cm³/mol. The van der Waals surface area contributed by atoms with E-state index in [9.17, 15) is 4.79 Å². The van der Waals surface area contributed by atoms with Gasteiger partial charge in [0.05, 0.1) is 5.71 Å². The highest BCUT2D eigenvalue weighted by atomic mass is 16.1. The van der Waals surface area contributed by atoms with Gasteiger partial charge in [-0.3, -0.25) is 9.79 Å². The molecule has 0 aromatic heterocycles. The second-order valence-corrected chi connectivity index (χ2v) is 5.78. The quantitative estimate of drug-likeness (QED) is 0.744. The summed E-state index contributed by atoms with van der Waals surface area (Å²) in [5, 5.41) is 0. The molecule has 1 saturated carbocycles. The van der Waals surface area contributed by atoms with E-state index in [0.717, 1.165) is 17.7 Å². The summed E-state index contributed by atoms with van der Waals surface area (Å²) in [5.41, 5.74) is 2.58. The predicted octanol–water partition coefficient (Wildman–Crippen LogP) is 2.97. The molecule has 0 N–H and O–H groups in total. The molecule has 1 aromatic carbocycles. The molecule has 1 aliphatic heterocycles. The van der Waals surface area contributed by atoms with Crippen molar-refractivity contribution in [1.29, 1.82) is 0 Å². The van der Waals surface area contributed by atoms with Crippen LogP contribution in [0.4, 0.5) is 0 Å². The highest BCUT2D eigenvalue weighted by molar-refractivity contribution is 6.69. The van der Waals surface area contributed by atoms with Crippen LogP contribution in [0.2, 0.25) is 0 Å². The number of carbonyl (C=O) groups excluding carboxylic acids is 1. The zero-order chi connectivity index (χ0) is 12.8. The van der Waals surface area contributed by atoms with E-state index in [1.165, 1.54) is 0 Å². The molecule has 92 valence electrons. The van der Waals surface area contributed by atoms with Crippen molar-refractivity contribution >= 4 is 17.2 Å². The van der Waals surface area contributed by atoms with Crippen LogP contribution < -0.4 is 0 Å². The summed E-state index contributed by atoms with van der Waals surface area (Å²) >= 11 is 0. The van der Waals surface area contributed by atoms with Gasteiger partial charge in [-0.1, -0.05) is 44.2 Å². The first-order valence-electron chi connectivity index (χ1n) is 6.28. The van der Waals surface area contributed by atoms with Crippen LogP contribution >= 0.6 is 0 Å². The van der Waals surface area contributed by atoms with Crippen LogP contribution in [0.5, 0.6) is 0 Å². The zero-order valence-electron chi connectivity index (χ0n) is 10.7. The number of fused-ring (bicyclic) bond motifs is 1. The Morgan fingerprint density at radius 2 is 1.83 bits per heavy atom. The summed E-state index contributed by atoms with van der Waals surface area (Å²) in [6, 6.07) is 9.93. The van der Waals surface area contributed by atoms with Gasteiger partial charge >= 0.3 is 0 Å². The minimum Gasteiger partial charge on any atom is -0.292 e. The Balaban J connectivity index is 1.96. The van der Waals surface area contributed by atoms with E-state index in [4.69, 9.17) is 0 Å². The van der Waals surface area contributed by atoms with Crippen molar-refractivity contribution in [3.05, 3.63) is 35.9 Å². The lowest BCUT2D eigenvalue weighted by Gasteiger charge is -2.28. The van der Waals surface area contributed by atoms with Crippen molar-refractivity contribution in [3.63, 3.8) is 0 Å². The molecule has 0 amide bonds. The Kier molecular flexibility index (Phi) is 2.44. The highest BCUT2D eigenvalue weighted by Gasteiger charge is 2.38. The molecule has 0 saturated heterocycles. The van der Waals surface area contributed by atoms with E-state index >= 15 is 0 Å². The minimum atomic E-state index is -0.214. The number of carbonyl (C=O) groups is 1. The molecule has 3 heteroatoms. The average molecular weight is 240 g/mol. The minimum absolute atomic E-state index is 0.0144. The molecular formula is C15H16N2O. The van der Waals surface area contributed by atoms with Crippen LogP contribution in [-0.4, -0.2) is 17.2 Å². The van der Waals surface area contributed by atoms with E-state index in [0.29, 0.717) is 12.1 Å². The standard InChI is InChI=1S/C15H16N2O/c1-15(2)8-11-13(12(18)9-15)17-14(16-11)10-6-4-3-5-7-10/h3-7,14H,8-9H2,1-2H3/t14-/m1/s1. The third-order valence-electron chi connectivity index (χ3n) is 3.45. The number of nitrogens with zero attached hydrogens (tertiary/aromatic N) is 2. The average Bonchev–Trinajstić information content (AvgIpc) is 2.72. The second-order valence-electron chi connectivity index (χ2n) is 5.78. The summed E-state index contributed by atoms with van der Waals surface area (Å²) in [6.07, 6.45) is 1.21. The van der Waals surface area contributed by atoms with Crippen molar-refractivity contribution in [2.45, 2.75) is 32.9 Å². The Bertz CT molecular complexity index is 555. The van der Waals surface area contributed by atoms with E-state index in [2.05, 4.69) is 23.8 Å². The second kappa shape index (κ2) is 3.87. The lowest BCUT2D eigenvalue weighted by Crippen LogP contribution is -2.36. The first kappa shape index (κ1) is 11.3. The maximum absolute atomic E-state index is 12.1. The molecule has 0 unspecified atom stereocenters. The van der Waals surface area contributed by atoms with E-state index < -0.39 is 0 Å². The molecule has 1 heterocycles. The zero-order valence-corrected chi connectivity index (χ0v) is 10.7. The van der Waals surface area contributed by atoms with Crippen LogP contribution in [-0.2, 0) is 4.79 Å². The molecular weight excluding hydrogens is 224 g/mol. The van der Waals surface area contributed by atoms with Gasteiger partial charge in [0.2, 0.25) is 0 Å². The SMILES string of the molecule is CC1(C)CC(=O)C2=N[C@H](c3ccccc3)N=C2C1. The number of benzene rings is 1. The van der Waals surface area contributed by atoms with Crippen LogP contribution in [0.25, 0.3) is 0 Å². The van der Waals surface area contributed by atoms with Crippen molar-refractivity contribution in [2.75, 3.05) is 0 Å². The van der Waals surface area contributed by atoms with Gasteiger partial charge in [0.15, 0.2) is 11.9 Å². The Morgan fingerprint density at radius 1 is 1.11 bits per heavy atom. The van der Waals surface area contributed by atoms with Gasteiger partial charge in [-0.05, 0) is 17.4 Å². The lowest BCUT2D eigenvalue weighted by molar-refractivity contribution is -0.114. The van der Waals surface area contributed by atoms with E-state index in [1.54, 1.807) is 0 Å². The largest absolute Gasteiger partial charge is 0.292 e. The maximum Gasteiger partial charge on any atom is 0.183 e. The van der Waals surface area contributed by atoms with Crippen LogP contribution in [0.1, 0.15) is 38.4 Å². The number of hydrogen-bond donors (Lipinski definition) is 0. The molecule has 1 aromatic rings. The molecule has 3 rings (SSSR count). The van der Waals surface area contributed by atoms with Gasteiger partial charge in [-0.25, -0.2) is 4.99 Å². The molecule has 3 nitrogen and oxygen atoms in total. The maximum atomic E-state index is 12.1. The summed E-state index contributed by atoms with van der Waals surface area (Å²) < 4.78 is 0. The third kappa shape index (κ3) is 1.90. The van der Waals surface area contributed by atoms with Gasteiger partial charge in [-0.15, -0.1) is 0 Å². The van der Waals surface area contributed by atoms with Gasteiger partial charge in [0.1, 0.15) is 5.71 Å². The normalized spacial score (nSPS) is 25.4. The van der Waals surface area contributed by atoms with E-state index in [-0.39, 0.29) is 17.4 Å². The molecule has 1 fully saturated rings. The van der Waals surface area contributed by atoms with Crippen LogP contribution in [0.3, 0.4) is 0 Å². The van der Waals surface area contributed by atoms with Gasteiger partial charge in [0.25, 0.3) is 0 Å². The van der Waals surface area contributed by atoms with Gasteiger partial charge < -0.3 is 0 Å². The molecule has 18 heavy (non-hydrogen) atoms. The summed E-state index contributed by atoms with van der Waals surface area (Å²) in [7, 11) is 0. The Hall–Kier alpha value is -1.77. The van der Waals surface area contributed by atoms with Crippen molar-refractivity contribution in [1.82, 2.24) is 0 Å². The lowest BCUT2D eigenvalue weighted by atomic mass is 9.75. The molecule has 0 bridgehead atoms. The number of ketones is 1. The van der Waals surface area contributed by atoms with Crippen LogP contribution in [0, 0.1) is 5.41 Å². The molecule has 0 radical (unpaired) electrons. The summed E-state index contributed by atoms with van der Waals surface area (Å²) in [6.45, 7) is 4.22. The summed E-state index contributed by atoms with van der Waals surface area (Å²) in [5.74, 6) is 0.142. The number of Topliss-reactive ketones (excluding diaryl/α,β-unsaturated/α-hetero) is 1. The fourth-order valence-corrected chi connectivity index (χ4v) is 2.61. The van der Waals surface area contributed by atoms with E-state index in [1.807, 2.05) is 30.3 Å². The molecule has 1 atom stereocenters. The highest BCUT2D eigenvalue weighted by Crippen LogP contribution is 2.36. The third-order valence-corrected chi connectivity index (χ3v) is 3.45. The van der Waals surface area contributed by atoms with Crippen molar-refractivity contribution in [3.8, 4) is 0 Å². The molecule has 1 aliphatic carbocycles. The fourth-order valence-electron chi connectivity index (χ4n) is 2.61. The Morgan fingerprint density at radius 3 is 2.56 bits per heavy atom. The first-order valence-corrected chi connectivity index (χ1v) is 6.28. The van der Waals surface area contributed by atoms with Gasteiger partial charge in [0, 0.05) is 6.42 Å². The van der Waals surface area contributed by atoms with Crippen molar-refractivity contribution < 1.29 is 4.79 Å². The number of hydrogen-bond acceptors (Lipinski definition) is 3. The smallest absolute Gasteiger partial charge is 0.183 e. The number of aliphatic imine (C=N–C) groups is 2. The van der Waals surface area contributed by atoms with Gasteiger partial charge in [-0.2, -0.15) is 0 Å². The Labute approximate surface area is 107 Å². The fraction of sp³-hybridized carbons (Fsp3) is 0.400. The topological polar surface area (TPSA) is 41.8 Å². The first-order chi connectivity index (χ1) is 8.55. The molecule has 2 aliphatic rings. The van der Waals surface area contributed by atoms with Crippen LogP contribution in [0.15, 0.2) is 40.3 Å². The summed E-state index contributed by atoms with van der Waals surface area (Å²) in [4.78, 5) is 21.2. The molecule has 0 spiro atoms.